The van der Waals surface area contributed by atoms with Gasteiger partial charge in [-0.1, -0.05) is 36.5 Å². The van der Waals surface area contributed by atoms with Crippen molar-refractivity contribution in [1.82, 2.24) is 4.72 Å². The summed E-state index contributed by atoms with van der Waals surface area (Å²) in [5.74, 6) is -0.932. The monoisotopic (exact) mass is 316 g/mol. The van der Waals surface area contributed by atoms with Crippen molar-refractivity contribution in [3.05, 3.63) is 35.4 Å². The third-order valence-corrected chi connectivity index (χ3v) is 3.87. The van der Waals surface area contributed by atoms with Crippen LogP contribution in [0, 0.1) is 0 Å². The maximum Gasteiger partial charge on any atom is 0.320 e. The number of nitrogens with one attached hydrogen (secondary N) is 1. The molecule has 3 N–H and O–H groups in total. The van der Waals surface area contributed by atoms with E-state index in [1.54, 1.807) is 31.2 Å². The quantitative estimate of drug-likeness (QED) is 0.555. The standard InChI is InChI=1S/C12H16N2O4S2/c1-2-18-11(15)7-14-20(16,17)8-9-5-3-4-6-10(9)12(13)19/h3-6,14H,2,7-8H2,1H3,(H2,13,19). The van der Waals surface area contributed by atoms with E-state index in [-0.39, 0.29) is 17.3 Å². The van der Waals surface area contributed by atoms with E-state index >= 15 is 0 Å². The van der Waals surface area contributed by atoms with Gasteiger partial charge in [-0.15, -0.1) is 0 Å². The molecule has 1 aromatic rings. The number of carbonyl (C=O) groups is 1. The Kier molecular flexibility index (Phi) is 6.05. The topological polar surface area (TPSA) is 98.5 Å². The average molecular weight is 316 g/mol. The SMILES string of the molecule is CCOC(=O)CNS(=O)(=O)Cc1ccccc1C(N)=S. The van der Waals surface area contributed by atoms with Gasteiger partial charge in [-0.05, 0) is 12.5 Å². The van der Waals surface area contributed by atoms with E-state index in [9.17, 15) is 13.2 Å². The Morgan fingerprint density at radius 1 is 1.40 bits per heavy atom. The minimum Gasteiger partial charge on any atom is -0.465 e. The Morgan fingerprint density at radius 2 is 2.05 bits per heavy atom. The molecule has 0 fully saturated rings. The van der Waals surface area contributed by atoms with Crippen molar-refractivity contribution < 1.29 is 17.9 Å². The Balaban J connectivity index is 2.77. The molecule has 0 aliphatic rings. The third-order valence-electron chi connectivity index (χ3n) is 2.37. The highest BCUT2D eigenvalue weighted by molar-refractivity contribution is 7.88. The van der Waals surface area contributed by atoms with Gasteiger partial charge >= 0.3 is 5.97 Å². The third kappa shape index (κ3) is 5.24. The summed E-state index contributed by atoms with van der Waals surface area (Å²) >= 11 is 4.87. The number of rotatable bonds is 7. The number of benzene rings is 1. The van der Waals surface area contributed by atoms with Crippen molar-refractivity contribution in [3.63, 3.8) is 0 Å². The Labute approximate surface area is 123 Å². The lowest BCUT2D eigenvalue weighted by molar-refractivity contribution is -0.141. The molecule has 1 aromatic carbocycles. The second-order valence-electron chi connectivity index (χ2n) is 3.91. The van der Waals surface area contributed by atoms with Crippen LogP contribution in [0.4, 0.5) is 0 Å². The summed E-state index contributed by atoms with van der Waals surface area (Å²) in [6.45, 7) is 1.45. The van der Waals surface area contributed by atoms with E-state index < -0.39 is 22.5 Å². The maximum atomic E-state index is 11.9. The predicted molar refractivity (Wildman–Crippen MR) is 79.6 cm³/mol. The van der Waals surface area contributed by atoms with Gasteiger partial charge in [0.15, 0.2) is 0 Å². The highest BCUT2D eigenvalue weighted by Crippen LogP contribution is 2.11. The van der Waals surface area contributed by atoms with E-state index in [1.807, 2.05) is 0 Å². The first kappa shape index (κ1) is 16.5. The molecule has 0 atom stereocenters. The summed E-state index contributed by atoms with van der Waals surface area (Å²) in [4.78, 5) is 11.3. The van der Waals surface area contributed by atoms with Gasteiger partial charge in [-0.25, -0.2) is 13.1 Å². The molecule has 20 heavy (non-hydrogen) atoms. The second kappa shape index (κ2) is 7.32. The van der Waals surface area contributed by atoms with E-state index in [0.29, 0.717) is 11.1 Å². The van der Waals surface area contributed by atoms with Crippen LogP contribution in [0.25, 0.3) is 0 Å². The Bertz CT molecular complexity index is 599. The molecular formula is C12H16N2O4S2. The molecule has 0 spiro atoms. The van der Waals surface area contributed by atoms with E-state index in [0.717, 1.165) is 0 Å². The largest absolute Gasteiger partial charge is 0.465 e. The summed E-state index contributed by atoms with van der Waals surface area (Å²) in [5, 5.41) is 0. The van der Waals surface area contributed by atoms with Crippen LogP contribution < -0.4 is 10.5 Å². The van der Waals surface area contributed by atoms with Gasteiger partial charge < -0.3 is 10.5 Å². The molecule has 0 heterocycles. The number of hydrogen-bond acceptors (Lipinski definition) is 5. The number of thiocarbonyl (C=S) groups is 1. The highest BCUT2D eigenvalue weighted by Gasteiger charge is 2.16. The molecule has 0 amide bonds. The van der Waals surface area contributed by atoms with Crippen LogP contribution in [-0.4, -0.2) is 32.5 Å². The Morgan fingerprint density at radius 3 is 2.65 bits per heavy atom. The number of carbonyl (C=O) groups excluding carboxylic acids is 1. The van der Waals surface area contributed by atoms with E-state index in [2.05, 4.69) is 9.46 Å². The van der Waals surface area contributed by atoms with Gasteiger partial charge in [-0.2, -0.15) is 0 Å². The second-order valence-corrected chi connectivity index (χ2v) is 6.15. The first-order valence-electron chi connectivity index (χ1n) is 5.86. The van der Waals surface area contributed by atoms with Crippen molar-refractivity contribution in [2.75, 3.05) is 13.2 Å². The molecule has 6 nitrogen and oxygen atoms in total. The van der Waals surface area contributed by atoms with E-state index in [1.165, 1.54) is 0 Å². The molecule has 0 bridgehead atoms. The zero-order valence-electron chi connectivity index (χ0n) is 11.0. The lowest BCUT2D eigenvalue weighted by Crippen LogP contribution is -2.32. The molecule has 0 aromatic heterocycles. The normalized spacial score (nSPS) is 11.1. The van der Waals surface area contributed by atoms with Crippen molar-refractivity contribution in [3.8, 4) is 0 Å². The molecule has 1 rings (SSSR count). The van der Waals surface area contributed by atoms with Gasteiger partial charge in [0.2, 0.25) is 10.0 Å². The summed E-state index contributed by atoms with van der Waals surface area (Å²) in [7, 11) is -3.67. The van der Waals surface area contributed by atoms with Gasteiger partial charge in [0.05, 0.1) is 12.4 Å². The van der Waals surface area contributed by atoms with E-state index in [4.69, 9.17) is 18.0 Å². The fourth-order valence-corrected chi connectivity index (χ4v) is 2.82. The van der Waals surface area contributed by atoms with Crippen LogP contribution in [0.15, 0.2) is 24.3 Å². The van der Waals surface area contributed by atoms with Crippen LogP contribution in [-0.2, 0) is 25.3 Å². The molecule has 0 saturated carbocycles. The van der Waals surface area contributed by atoms with Crippen molar-refractivity contribution in [2.24, 2.45) is 5.73 Å². The Hall–Kier alpha value is -1.51. The fraction of sp³-hybridized carbons (Fsp3) is 0.333. The lowest BCUT2D eigenvalue weighted by Gasteiger charge is -2.09. The zero-order chi connectivity index (χ0) is 15.2. The fourth-order valence-electron chi connectivity index (χ4n) is 1.52. The van der Waals surface area contributed by atoms with Crippen molar-refractivity contribution >= 4 is 33.2 Å². The van der Waals surface area contributed by atoms with Crippen LogP contribution >= 0.6 is 12.2 Å². The molecule has 0 radical (unpaired) electrons. The molecule has 0 aliphatic heterocycles. The number of nitrogens with two attached hydrogens (primary N) is 1. The molecular weight excluding hydrogens is 300 g/mol. The first-order chi connectivity index (χ1) is 9.35. The van der Waals surface area contributed by atoms with Crippen LogP contribution in [0.2, 0.25) is 0 Å². The van der Waals surface area contributed by atoms with Gasteiger partial charge in [0.1, 0.15) is 11.5 Å². The first-order valence-corrected chi connectivity index (χ1v) is 7.92. The molecule has 0 unspecified atom stereocenters. The summed E-state index contributed by atoms with van der Waals surface area (Å²) < 4.78 is 30.6. The number of hydrogen-bond donors (Lipinski definition) is 2. The van der Waals surface area contributed by atoms with Crippen LogP contribution in [0.1, 0.15) is 18.1 Å². The van der Waals surface area contributed by atoms with Crippen LogP contribution in [0.5, 0.6) is 0 Å². The van der Waals surface area contributed by atoms with Crippen LogP contribution in [0.3, 0.4) is 0 Å². The lowest BCUT2D eigenvalue weighted by atomic mass is 10.1. The maximum absolute atomic E-state index is 11.9. The average Bonchev–Trinajstić information content (AvgIpc) is 2.37. The summed E-state index contributed by atoms with van der Waals surface area (Å²) in [6.07, 6.45) is 0. The minimum absolute atomic E-state index is 0.126. The number of sulfonamides is 1. The van der Waals surface area contributed by atoms with Gasteiger partial charge in [0.25, 0.3) is 0 Å². The summed E-state index contributed by atoms with van der Waals surface area (Å²) in [6, 6.07) is 6.69. The van der Waals surface area contributed by atoms with Crippen molar-refractivity contribution in [1.29, 1.82) is 0 Å². The predicted octanol–water partition coefficient (Wildman–Crippen LogP) is 0.303. The molecule has 0 aliphatic carbocycles. The summed E-state index contributed by atoms with van der Waals surface area (Å²) in [5.41, 5.74) is 6.52. The molecule has 0 saturated heterocycles. The van der Waals surface area contributed by atoms with Gasteiger partial charge in [0, 0.05) is 5.56 Å². The zero-order valence-corrected chi connectivity index (χ0v) is 12.6. The smallest absolute Gasteiger partial charge is 0.320 e. The molecule has 110 valence electrons. The minimum atomic E-state index is -3.67. The van der Waals surface area contributed by atoms with Gasteiger partial charge in [-0.3, -0.25) is 4.79 Å². The highest BCUT2D eigenvalue weighted by atomic mass is 32.2. The van der Waals surface area contributed by atoms with Crippen molar-refractivity contribution in [2.45, 2.75) is 12.7 Å². The number of ether oxygens (including phenoxy) is 1. The number of esters is 1. The molecule has 8 heteroatoms.